The van der Waals surface area contributed by atoms with Crippen LogP contribution in [0.15, 0.2) is 52.9 Å². The standard InChI is InChI=1S/C19H19FN2O2/c1-12(2)11-16(19-22-15-5-3-4-6-17(15)24-19)21-18(23)13-7-9-14(20)10-8-13/h3-10,12,16H,11H2,1-2H3,(H,21,23)/t16-/m1/s1. The van der Waals surface area contributed by atoms with Crippen molar-refractivity contribution in [3.63, 3.8) is 0 Å². The van der Waals surface area contributed by atoms with E-state index in [4.69, 9.17) is 4.42 Å². The van der Waals surface area contributed by atoms with E-state index in [1.165, 1.54) is 24.3 Å². The lowest BCUT2D eigenvalue weighted by Gasteiger charge is -2.17. The van der Waals surface area contributed by atoms with Crippen LogP contribution in [-0.2, 0) is 0 Å². The first-order valence-corrected chi connectivity index (χ1v) is 7.95. The molecule has 1 amide bonds. The van der Waals surface area contributed by atoms with Crippen LogP contribution >= 0.6 is 0 Å². The van der Waals surface area contributed by atoms with Crippen molar-refractivity contribution in [3.8, 4) is 0 Å². The van der Waals surface area contributed by atoms with E-state index in [2.05, 4.69) is 24.1 Å². The number of fused-ring (bicyclic) bond motifs is 1. The normalized spacial score (nSPS) is 12.5. The molecular weight excluding hydrogens is 307 g/mol. The van der Waals surface area contributed by atoms with Crippen LogP contribution in [0.25, 0.3) is 11.1 Å². The molecule has 0 saturated carbocycles. The first-order valence-electron chi connectivity index (χ1n) is 7.95. The maximum absolute atomic E-state index is 13.0. The predicted molar refractivity (Wildman–Crippen MR) is 90.1 cm³/mol. The van der Waals surface area contributed by atoms with Gasteiger partial charge in [0.2, 0.25) is 5.89 Å². The van der Waals surface area contributed by atoms with E-state index in [1.54, 1.807) is 0 Å². The van der Waals surface area contributed by atoms with Crippen molar-refractivity contribution in [1.82, 2.24) is 10.3 Å². The number of benzene rings is 2. The minimum Gasteiger partial charge on any atom is -0.438 e. The summed E-state index contributed by atoms with van der Waals surface area (Å²) in [5, 5.41) is 2.94. The van der Waals surface area contributed by atoms with E-state index < -0.39 is 0 Å². The molecule has 3 rings (SSSR count). The van der Waals surface area contributed by atoms with E-state index in [-0.39, 0.29) is 17.8 Å². The summed E-state index contributed by atoms with van der Waals surface area (Å²) in [5.74, 6) is 0.186. The van der Waals surface area contributed by atoms with E-state index in [0.717, 1.165) is 5.52 Å². The highest BCUT2D eigenvalue weighted by Gasteiger charge is 2.22. The van der Waals surface area contributed by atoms with Gasteiger partial charge in [0.05, 0.1) is 0 Å². The molecule has 1 aromatic heterocycles. The van der Waals surface area contributed by atoms with Crippen molar-refractivity contribution in [3.05, 3.63) is 65.8 Å². The molecule has 0 aliphatic heterocycles. The van der Waals surface area contributed by atoms with Gasteiger partial charge in [-0.1, -0.05) is 26.0 Å². The molecule has 0 spiro atoms. The van der Waals surface area contributed by atoms with Crippen LogP contribution in [0.1, 0.15) is 42.6 Å². The Labute approximate surface area is 139 Å². The molecule has 4 nitrogen and oxygen atoms in total. The number of amides is 1. The largest absolute Gasteiger partial charge is 0.438 e. The Morgan fingerprint density at radius 3 is 2.54 bits per heavy atom. The number of nitrogens with one attached hydrogen (secondary N) is 1. The van der Waals surface area contributed by atoms with Gasteiger partial charge in [-0.05, 0) is 48.7 Å². The first kappa shape index (κ1) is 16.2. The summed E-state index contributed by atoms with van der Waals surface area (Å²) in [6.07, 6.45) is 0.694. The average molecular weight is 326 g/mol. The second-order valence-electron chi connectivity index (χ2n) is 6.18. The average Bonchev–Trinajstić information content (AvgIpc) is 2.98. The topological polar surface area (TPSA) is 55.1 Å². The van der Waals surface area contributed by atoms with Crippen LogP contribution in [0.5, 0.6) is 0 Å². The lowest BCUT2D eigenvalue weighted by molar-refractivity contribution is 0.0925. The molecule has 0 unspecified atom stereocenters. The van der Waals surface area contributed by atoms with Gasteiger partial charge in [0.25, 0.3) is 5.91 Å². The number of nitrogens with zero attached hydrogens (tertiary/aromatic N) is 1. The van der Waals surface area contributed by atoms with Crippen LogP contribution in [-0.4, -0.2) is 10.9 Å². The van der Waals surface area contributed by atoms with Gasteiger partial charge in [-0.25, -0.2) is 9.37 Å². The van der Waals surface area contributed by atoms with Gasteiger partial charge < -0.3 is 9.73 Å². The third kappa shape index (κ3) is 3.62. The Hall–Kier alpha value is -2.69. The van der Waals surface area contributed by atoms with E-state index in [9.17, 15) is 9.18 Å². The van der Waals surface area contributed by atoms with Gasteiger partial charge >= 0.3 is 0 Å². The number of rotatable bonds is 5. The quantitative estimate of drug-likeness (QED) is 0.752. The number of carbonyl (C=O) groups is 1. The summed E-state index contributed by atoms with van der Waals surface area (Å²) >= 11 is 0. The van der Waals surface area contributed by atoms with Crippen molar-refractivity contribution < 1.29 is 13.6 Å². The van der Waals surface area contributed by atoms with E-state index in [0.29, 0.717) is 29.4 Å². The minimum absolute atomic E-state index is 0.275. The number of para-hydroxylation sites is 2. The van der Waals surface area contributed by atoms with E-state index in [1.807, 2.05) is 24.3 Å². The molecule has 3 aromatic rings. The zero-order valence-electron chi connectivity index (χ0n) is 13.6. The molecule has 0 aliphatic rings. The summed E-state index contributed by atoms with van der Waals surface area (Å²) in [6, 6.07) is 12.6. The third-order valence-corrected chi connectivity index (χ3v) is 3.73. The lowest BCUT2D eigenvalue weighted by Crippen LogP contribution is -2.29. The maximum Gasteiger partial charge on any atom is 0.251 e. The fourth-order valence-electron chi connectivity index (χ4n) is 2.57. The SMILES string of the molecule is CC(C)C[C@@H](NC(=O)c1ccc(F)cc1)c1nc2ccccc2o1. The molecule has 1 heterocycles. The number of halogens is 1. The van der Waals surface area contributed by atoms with Crippen LogP contribution in [0.3, 0.4) is 0 Å². The molecule has 2 aromatic carbocycles. The zero-order valence-corrected chi connectivity index (χ0v) is 13.6. The van der Waals surface area contributed by atoms with Crippen LogP contribution in [0.2, 0.25) is 0 Å². The van der Waals surface area contributed by atoms with Crippen LogP contribution < -0.4 is 5.32 Å². The summed E-state index contributed by atoms with van der Waals surface area (Å²) in [6.45, 7) is 4.14. The van der Waals surface area contributed by atoms with Crippen molar-refractivity contribution in [2.75, 3.05) is 0 Å². The third-order valence-electron chi connectivity index (χ3n) is 3.73. The summed E-state index contributed by atoms with van der Waals surface area (Å²) in [7, 11) is 0. The monoisotopic (exact) mass is 326 g/mol. The molecule has 124 valence electrons. The van der Waals surface area contributed by atoms with Crippen molar-refractivity contribution in [2.24, 2.45) is 5.92 Å². The number of hydrogen-bond acceptors (Lipinski definition) is 3. The Balaban J connectivity index is 1.85. The Morgan fingerprint density at radius 2 is 1.88 bits per heavy atom. The summed E-state index contributed by atoms with van der Waals surface area (Å²) < 4.78 is 18.8. The number of oxazole rings is 1. The Morgan fingerprint density at radius 1 is 1.17 bits per heavy atom. The second kappa shape index (κ2) is 6.83. The highest BCUT2D eigenvalue weighted by molar-refractivity contribution is 5.94. The minimum atomic E-state index is -0.371. The summed E-state index contributed by atoms with van der Waals surface area (Å²) in [4.78, 5) is 16.9. The van der Waals surface area contributed by atoms with Gasteiger partial charge in [-0.3, -0.25) is 4.79 Å². The highest BCUT2D eigenvalue weighted by atomic mass is 19.1. The molecule has 0 aliphatic carbocycles. The van der Waals surface area contributed by atoms with Crippen LogP contribution in [0, 0.1) is 11.7 Å². The van der Waals surface area contributed by atoms with Crippen molar-refractivity contribution >= 4 is 17.0 Å². The number of carbonyl (C=O) groups excluding carboxylic acids is 1. The smallest absolute Gasteiger partial charge is 0.251 e. The van der Waals surface area contributed by atoms with Gasteiger partial charge in [0.15, 0.2) is 5.58 Å². The molecule has 24 heavy (non-hydrogen) atoms. The maximum atomic E-state index is 13.0. The molecule has 1 atom stereocenters. The molecule has 0 bridgehead atoms. The van der Waals surface area contributed by atoms with Gasteiger partial charge in [-0.2, -0.15) is 0 Å². The molecule has 5 heteroatoms. The van der Waals surface area contributed by atoms with Gasteiger partial charge in [0, 0.05) is 5.56 Å². The highest BCUT2D eigenvalue weighted by Crippen LogP contribution is 2.25. The van der Waals surface area contributed by atoms with Crippen molar-refractivity contribution in [2.45, 2.75) is 26.3 Å². The summed E-state index contributed by atoms with van der Waals surface area (Å²) in [5.41, 5.74) is 1.86. The zero-order chi connectivity index (χ0) is 17.1. The van der Waals surface area contributed by atoms with E-state index >= 15 is 0 Å². The molecule has 0 radical (unpaired) electrons. The van der Waals surface area contributed by atoms with Crippen molar-refractivity contribution in [1.29, 1.82) is 0 Å². The predicted octanol–water partition coefficient (Wildman–Crippen LogP) is 4.48. The fraction of sp³-hybridized carbons (Fsp3) is 0.263. The fourth-order valence-corrected chi connectivity index (χ4v) is 2.57. The van der Waals surface area contributed by atoms with Crippen LogP contribution in [0.4, 0.5) is 4.39 Å². The molecule has 0 fully saturated rings. The number of aromatic nitrogens is 1. The molecule has 1 N–H and O–H groups in total. The lowest BCUT2D eigenvalue weighted by atomic mass is 10.0. The Bertz CT molecular complexity index is 807. The Kier molecular flexibility index (Phi) is 4.60. The number of hydrogen-bond donors (Lipinski definition) is 1. The second-order valence-corrected chi connectivity index (χ2v) is 6.18. The van der Waals surface area contributed by atoms with Gasteiger partial charge in [0.1, 0.15) is 17.4 Å². The molecular formula is C19H19FN2O2. The van der Waals surface area contributed by atoms with Gasteiger partial charge in [-0.15, -0.1) is 0 Å². The first-order chi connectivity index (χ1) is 11.5. The molecule has 0 saturated heterocycles.